The van der Waals surface area contributed by atoms with Crippen LogP contribution in [0.3, 0.4) is 0 Å². The fourth-order valence-corrected chi connectivity index (χ4v) is 2.26. The second kappa shape index (κ2) is 1.85. The van der Waals surface area contributed by atoms with Gasteiger partial charge in [0, 0.05) is 12.4 Å². The highest BCUT2D eigenvalue weighted by molar-refractivity contribution is 9.11. The van der Waals surface area contributed by atoms with Crippen molar-refractivity contribution in [2.75, 3.05) is 0 Å². The molecule has 0 bridgehead atoms. The van der Waals surface area contributed by atoms with Crippen LogP contribution in [-0.4, -0.2) is 4.40 Å². The molecule has 0 spiro atoms. The average Bonchev–Trinajstić information content (AvgIpc) is 2.22. The van der Waals surface area contributed by atoms with Crippen LogP contribution in [0.25, 0.3) is 4.83 Å². The molecule has 2 heterocycles. The third-order valence-electron chi connectivity index (χ3n) is 1.18. The molecule has 2 rings (SSSR count). The number of aromatic nitrogens is 1. The van der Waals surface area contributed by atoms with Gasteiger partial charge in [-0.3, -0.25) is 0 Å². The van der Waals surface area contributed by atoms with E-state index in [0.29, 0.717) is 0 Å². The van der Waals surface area contributed by atoms with Gasteiger partial charge < -0.3 is 4.40 Å². The van der Waals surface area contributed by atoms with Crippen molar-refractivity contribution in [3.05, 3.63) is 28.3 Å². The summed E-state index contributed by atoms with van der Waals surface area (Å²) in [6, 6.07) is 4.13. The van der Waals surface area contributed by atoms with Gasteiger partial charge in [-0.05, 0) is 28.1 Å². The summed E-state index contributed by atoms with van der Waals surface area (Å²) in [5.41, 5.74) is 0. The van der Waals surface area contributed by atoms with Crippen LogP contribution in [-0.2, 0) is 0 Å². The fraction of sp³-hybridized carbons (Fsp3) is 0. The van der Waals surface area contributed by atoms with E-state index in [-0.39, 0.29) is 0 Å². The van der Waals surface area contributed by atoms with Crippen LogP contribution in [0.1, 0.15) is 0 Å². The number of hydrogen-bond donors (Lipinski definition) is 0. The zero-order chi connectivity index (χ0) is 6.27. The van der Waals surface area contributed by atoms with Gasteiger partial charge in [0.15, 0.2) is 0 Å². The first kappa shape index (κ1) is 5.50. The first-order valence-electron chi connectivity index (χ1n) is 2.58. The van der Waals surface area contributed by atoms with E-state index in [0.717, 1.165) is 0 Å². The first-order valence-corrected chi connectivity index (χ1v) is 4.19. The Kier molecular flexibility index (Phi) is 1.13. The third kappa shape index (κ3) is 0.804. The number of rotatable bonds is 0. The van der Waals surface area contributed by atoms with Gasteiger partial charge in [0.1, 0.15) is 4.83 Å². The molecule has 0 saturated carbocycles. The number of nitrogens with zero attached hydrogens (tertiary/aromatic N) is 1. The number of fused-ring (bicyclic) bond motifs is 1. The molecule has 3 heteroatoms. The SMILES string of the molecule is Brc1cn2cccc2s1. The highest BCUT2D eigenvalue weighted by Gasteiger charge is 1.94. The maximum atomic E-state index is 3.40. The van der Waals surface area contributed by atoms with Crippen LogP contribution in [0.2, 0.25) is 0 Å². The van der Waals surface area contributed by atoms with E-state index in [1.165, 1.54) is 8.62 Å². The second-order valence-electron chi connectivity index (χ2n) is 1.79. The van der Waals surface area contributed by atoms with Crippen molar-refractivity contribution in [3.8, 4) is 0 Å². The molecule has 0 unspecified atom stereocenters. The molecule has 46 valence electrons. The second-order valence-corrected chi connectivity index (χ2v) is 4.23. The van der Waals surface area contributed by atoms with Gasteiger partial charge in [0.2, 0.25) is 0 Å². The predicted octanol–water partition coefficient (Wildman–Crippen LogP) is 2.76. The van der Waals surface area contributed by atoms with Crippen molar-refractivity contribution in [1.82, 2.24) is 4.40 Å². The van der Waals surface area contributed by atoms with Crippen LogP contribution < -0.4 is 0 Å². The molecule has 9 heavy (non-hydrogen) atoms. The summed E-state index contributed by atoms with van der Waals surface area (Å²) in [6.45, 7) is 0. The van der Waals surface area contributed by atoms with Gasteiger partial charge in [0.05, 0.1) is 3.79 Å². The maximum Gasteiger partial charge on any atom is 0.100 e. The molecule has 0 aliphatic rings. The van der Waals surface area contributed by atoms with Gasteiger partial charge in [-0.1, -0.05) is 0 Å². The van der Waals surface area contributed by atoms with Gasteiger partial charge in [-0.2, -0.15) is 0 Å². The summed E-state index contributed by atoms with van der Waals surface area (Å²) in [4.78, 5) is 1.28. The summed E-state index contributed by atoms with van der Waals surface area (Å²) in [5.74, 6) is 0. The lowest BCUT2D eigenvalue weighted by Crippen LogP contribution is -1.65. The summed E-state index contributed by atoms with van der Waals surface area (Å²) in [7, 11) is 0. The minimum Gasteiger partial charge on any atom is -0.314 e. The average molecular weight is 202 g/mol. The molecular formula is C6H4BrNS. The van der Waals surface area contributed by atoms with Crippen molar-refractivity contribution in [2.45, 2.75) is 0 Å². The van der Waals surface area contributed by atoms with Gasteiger partial charge in [-0.25, -0.2) is 0 Å². The molecular weight excluding hydrogens is 198 g/mol. The molecule has 0 amide bonds. The summed E-state index contributed by atoms with van der Waals surface area (Å²) < 4.78 is 3.27. The van der Waals surface area contributed by atoms with Crippen molar-refractivity contribution < 1.29 is 0 Å². The van der Waals surface area contributed by atoms with Crippen molar-refractivity contribution in [1.29, 1.82) is 0 Å². The Morgan fingerprint density at radius 3 is 3.22 bits per heavy atom. The summed E-state index contributed by atoms with van der Waals surface area (Å²) >= 11 is 5.14. The lowest BCUT2D eigenvalue weighted by atomic mass is 10.7. The number of thiazole rings is 1. The molecule has 0 aromatic carbocycles. The van der Waals surface area contributed by atoms with E-state index in [1.54, 1.807) is 11.3 Å². The lowest BCUT2D eigenvalue weighted by molar-refractivity contribution is 1.23. The van der Waals surface area contributed by atoms with Crippen molar-refractivity contribution in [3.63, 3.8) is 0 Å². The topological polar surface area (TPSA) is 4.41 Å². The van der Waals surface area contributed by atoms with Crippen molar-refractivity contribution >= 4 is 32.1 Å². The van der Waals surface area contributed by atoms with Crippen LogP contribution in [0, 0.1) is 0 Å². The standard InChI is InChI=1S/C6H4BrNS/c7-5-4-8-3-1-2-6(8)9-5/h1-4H. The van der Waals surface area contributed by atoms with E-state index in [4.69, 9.17) is 0 Å². The Balaban J connectivity index is 2.92. The van der Waals surface area contributed by atoms with Gasteiger partial charge >= 0.3 is 0 Å². The number of halogens is 1. The molecule has 0 fully saturated rings. The van der Waals surface area contributed by atoms with E-state index >= 15 is 0 Å². The largest absolute Gasteiger partial charge is 0.314 e. The fourth-order valence-electron chi connectivity index (χ4n) is 0.807. The third-order valence-corrected chi connectivity index (χ3v) is 2.73. The van der Waals surface area contributed by atoms with Gasteiger partial charge in [-0.15, -0.1) is 11.3 Å². The van der Waals surface area contributed by atoms with Crippen molar-refractivity contribution in [2.24, 2.45) is 0 Å². The van der Waals surface area contributed by atoms with Gasteiger partial charge in [0.25, 0.3) is 0 Å². The highest BCUT2D eigenvalue weighted by Crippen LogP contribution is 2.22. The summed E-state index contributed by atoms with van der Waals surface area (Å²) in [6.07, 6.45) is 4.09. The molecule has 0 aliphatic carbocycles. The molecule has 0 aliphatic heterocycles. The molecule has 1 nitrogen and oxygen atoms in total. The van der Waals surface area contributed by atoms with Crippen LogP contribution in [0.5, 0.6) is 0 Å². The van der Waals surface area contributed by atoms with Crippen LogP contribution in [0.4, 0.5) is 0 Å². The Labute approximate surface area is 65.1 Å². The first-order chi connectivity index (χ1) is 4.36. The number of hydrogen-bond acceptors (Lipinski definition) is 1. The molecule has 2 aromatic rings. The van der Waals surface area contributed by atoms with E-state index in [2.05, 4.69) is 32.6 Å². The zero-order valence-electron chi connectivity index (χ0n) is 4.54. The molecule has 0 N–H and O–H groups in total. The Bertz CT molecular complexity index is 294. The smallest absolute Gasteiger partial charge is 0.100 e. The maximum absolute atomic E-state index is 3.40. The molecule has 2 aromatic heterocycles. The predicted molar refractivity (Wildman–Crippen MR) is 43.0 cm³/mol. The Morgan fingerprint density at radius 2 is 2.44 bits per heavy atom. The monoisotopic (exact) mass is 201 g/mol. The van der Waals surface area contributed by atoms with Crippen LogP contribution in [0.15, 0.2) is 28.3 Å². The molecule has 0 saturated heterocycles. The Hall–Kier alpha value is -0.280. The van der Waals surface area contributed by atoms with E-state index in [1.807, 2.05) is 12.3 Å². The minimum absolute atomic E-state index is 1.18. The normalized spacial score (nSPS) is 10.8. The highest BCUT2D eigenvalue weighted by atomic mass is 79.9. The summed E-state index contributed by atoms with van der Waals surface area (Å²) in [5, 5.41) is 0. The molecule has 0 radical (unpaired) electrons. The zero-order valence-corrected chi connectivity index (χ0v) is 6.95. The van der Waals surface area contributed by atoms with E-state index in [9.17, 15) is 0 Å². The lowest BCUT2D eigenvalue weighted by Gasteiger charge is -1.74. The van der Waals surface area contributed by atoms with E-state index < -0.39 is 0 Å². The molecule has 0 atom stereocenters. The Morgan fingerprint density at radius 1 is 1.56 bits per heavy atom. The van der Waals surface area contributed by atoms with Crippen LogP contribution >= 0.6 is 27.3 Å². The minimum atomic E-state index is 1.18. The quantitative estimate of drug-likeness (QED) is 0.618.